The van der Waals surface area contributed by atoms with E-state index in [1.807, 2.05) is 77.9 Å². The standard InChI is InChI=1S/2C23H23BrN2O4/c2*1-23(2,3)30-22(29)25-11-10-14-12-15(24)8-9-16(14)19(25)13-26-20(27)17-6-4-5-7-18(17)21(26)28/h2*4-9,12,19H,10-11,13H2,1-3H3/t2*19-/m10/s1. The fourth-order valence-corrected chi connectivity index (χ4v) is 8.81. The number of carbonyl (C=O) groups is 6. The zero-order valence-corrected chi connectivity index (χ0v) is 37.5. The molecule has 4 aromatic carbocycles. The Morgan fingerprint density at radius 3 is 1.17 bits per heavy atom. The molecule has 0 fully saturated rings. The predicted octanol–water partition coefficient (Wildman–Crippen LogP) is 9.16. The quantitative estimate of drug-likeness (QED) is 0.185. The summed E-state index contributed by atoms with van der Waals surface area (Å²) in [6, 6.07) is 24.4. The number of hydrogen-bond donors (Lipinski definition) is 0. The highest BCUT2D eigenvalue weighted by molar-refractivity contribution is 9.10. The molecule has 14 heteroatoms. The molecule has 312 valence electrons. The minimum atomic E-state index is -0.642. The van der Waals surface area contributed by atoms with Crippen molar-refractivity contribution in [1.29, 1.82) is 0 Å². The third-order valence-corrected chi connectivity index (χ3v) is 11.6. The van der Waals surface area contributed by atoms with Gasteiger partial charge in [-0.25, -0.2) is 9.59 Å². The molecule has 60 heavy (non-hydrogen) atoms. The van der Waals surface area contributed by atoms with E-state index in [9.17, 15) is 28.8 Å². The molecule has 4 heterocycles. The molecule has 0 saturated carbocycles. The molecule has 4 aliphatic rings. The van der Waals surface area contributed by atoms with Gasteiger partial charge in [0.05, 0.1) is 47.4 Å². The summed E-state index contributed by atoms with van der Waals surface area (Å²) in [6.45, 7) is 12.0. The number of fused-ring (bicyclic) bond motifs is 4. The molecule has 0 saturated heterocycles. The van der Waals surface area contributed by atoms with Gasteiger partial charge in [-0.1, -0.05) is 68.3 Å². The van der Waals surface area contributed by atoms with E-state index in [0.29, 0.717) is 48.2 Å². The van der Waals surface area contributed by atoms with E-state index in [1.165, 1.54) is 9.80 Å². The van der Waals surface area contributed by atoms with Gasteiger partial charge in [0, 0.05) is 22.0 Å². The van der Waals surface area contributed by atoms with Gasteiger partial charge >= 0.3 is 12.2 Å². The van der Waals surface area contributed by atoms with Gasteiger partial charge < -0.3 is 9.47 Å². The van der Waals surface area contributed by atoms with Gasteiger partial charge in [-0.05, 0) is 125 Å². The van der Waals surface area contributed by atoms with Gasteiger partial charge in [-0.15, -0.1) is 0 Å². The van der Waals surface area contributed by atoms with E-state index in [-0.39, 0.29) is 36.7 Å². The monoisotopic (exact) mass is 940 g/mol. The molecule has 0 bridgehead atoms. The second-order valence-electron chi connectivity index (χ2n) is 17.1. The van der Waals surface area contributed by atoms with E-state index in [4.69, 9.17) is 9.47 Å². The van der Waals surface area contributed by atoms with Crippen molar-refractivity contribution in [2.24, 2.45) is 0 Å². The van der Waals surface area contributed by atoms with Crippen molar-refractivity contribution in [3.63, 3.8) is 0 Å². The van der Waals surface area contributed by atoms with Crippen LogP contribution in [-0.4, -0.2) is 92.8 Å². The van der Waals surface area contributed by atoms with E-state index < -0.39 is 35.5 Å². The van der Waals surface area contributed by atoms with E-state index in [2.05, 4.69) is 31.9 Å². The van der Waals surface area contributed by atoms with Gasteiger partial charge in [-0.3, -0.25) is 38.8 Å². The van der Waals surface area contributed by atoms with Crippen molar-refractivity contribution < 1.29 is 38.2 Å². The summed E-state index contributed by atoms with van der Waals surface area (Å²) in [4.78, 5) is 83.3. The molecule has 0 radical (unpaired) electrons. The topological polar surface area (TPSA) is 134 Å². The third-order valence-electron chi connectivity index (χ3n) is 10.6. The zero-order chi connectivity index (χ0) is 43.3. The van der Waals surface area contributed by atoms with Crippen molar-refractivity contribution in [2.75, 3.05) is 26.2 Å². The van der Waals surface area contributed by atoms with Gasteiger partial charge in [0.25, 0.3) is 23.6 Å². The summed E-state index contributed by atoms with van der Waals surface area (Å²) < 4.78 is 13.1. The third kappa shape index (κ3) is 8.76. The molecule has 4 aliphatic heterocycles. The maximum atomic E-state index is 13.0. The first-order chi connectivity index (χ1) is 28.3. The van der Waals surface area contributed by atoms with Crippen molar-refractivity contribution >= 4 is 67.7 Å². The average Bonchev–Trinajstić information content (AvgIpc) is 3.57. The second-order valence-corrected chi connectivity index (χ2v) is 18.9. The highest BCUT2D eigenvalue weighted by Crippen LogP contribution is 2.37. The van der Waals surface area contributed by atoms with Crippen LogP contribution in [0.4, 0.5) is 9.59 Å². The number of imide groups is 2. The predicted molar refractivity (Wildman–Crippen MR) is 231 cm³/mol. The van der Waals surface area contributed by atoms with Crippen LogP contribution in [0.15, 0.2) is 93.9 Å². The molecule has 4 aromatic rings. The number of amides is 6. The first-order valence-corrected chi connectivity index (χ1v) is 21.4. The Hall–Kier alpha value is -5.34. The lowest BCUT2D eigenvalue weighted by molar-refractivity contribution is 0.00942. The van der Waals surface area contributed by atoms with Crippen molar-refractivity contribution in [3.8, 4) is 0 Å². The summed E-state index contributed by atoms with van der Waals surface area (Å²) in [6.07, 6.45) is 0.453. The molecule has 0 unspecified atom stereocenters. The number of hydrogen-bond acceptors (Lipinski definition) is 8. The summed E-state index contributed by atoms with van der Waals surface area (Å²) >= 11 is 6.99. The van der Waals surface area contributed by atoms with Crippen LogP contribution in [0.5, 0.6) is 0 Å². The maximum absolute atomic E-state index is 13.0. The normalized spacial score (nSPS) is 18.3. The van der Waals surface area contributed by atoms with Crippen molar-refractivity contribution in [1.82, 2.24) is 19.6 Å². The molecule has 2 atom stereocenters. The van der Waals surface area contributed by atoms with E-state index in [0.717, 1.165) is 31.2 Å². The van der Waals surface area contributed by atoms with Crippen molar-refractivity contribution in [3.05, 3.63) is 138 Å². The summed E-state index contributed by atoms with van der Waals surface area (Å²) in [5, 5.41) is 0. The summed E-state index contributed by atoms with van der Waals surface area (Å²) in [5.74, 6) is -1.32. The zero-order valence-electron chi connectivity index (χ0n) is 34.3. The molecule has 0 aliphatic carbocycles. The lowest BCUT2D eigenvalue weighted by atomic mass is 9.92. The Kier molecular flexibility index (Phi) is 11.8. The number of nitrogens with zero attached hydrogens (tertiary/aromatic N) is 4. The number of carbonyl (C=O) groups excluding carboxylic acids is 6. The van der Waals surface area contributed by atoms with Crippen LogP contribution in [0.1, 0.15) is 117 Å². The van der Waals surface area contributed by atoms with E-state index in [1.54, 1.807) is 58.3 Å². The van der Waals surface area contributed by atoms with Crippen LogP contribution < -0.4 is 0 Å². The van der Waals surface area contributed by atoms with E-state index >= 15 is 0 Å². The molecular formula is C46H46Br2N4O8. The fourth-order valence-electron chi connectivity index (χ4n) is 7.99. The fraction of sp³-hybridized carbons (Fsp3) is 0.348. The van der Waals surface area contributed by atoms with Crippen LogP contribution in [-0.2, 0) is 22.3 Å². The molecule has 6 amide bonds. The molecule has 0 N–H and O–H groups in total. The van der Waals surface area contributed by atoms with Crippen LogP contribution in [0, 0.1) is 0 Å². The molecule has 0 aromatic heterocycles. The van der Waals surface area contributed by atoms with Gasteiger partial charge in [-0.2, -0.15) is 0 Å². The van der Waals surface area contributed by atoms with Gasteiger partial charge in [0.15, 0.2) is 0 Å². The lowest BCUT2D eigenvalue weighted by Gasteiger charge is -2.39. The van der Waals surface area contributed by atoms with Crippen LogP contribution >= 0.6 is 31.9 Å². The first-order valence-electron chi connectivity index (χ1n) is 19.8. The highest BCUT2D eigenvalue weighted by atomic mass is 79.9. The van der Waals surface area contributed by atoms with Crippen LogP contribution in [0.25, 0.3) is 0 Å². The molecule has 12 nitrogen and oxygen atoms in total. The Bertz CT molecular complexity index is 2180. The maximum Gasteiger partial charge on any atom is 0.410 e. The largest absolute Gasteiger partial charge is 0.444 e. The molecular weight excluding hydrogens is 896 g/mol. The smallest absolute Gasteiger partial charge is 0.410 e. The Morgan fingerprint density at radius 2 is 0.867 bits per heavy atom. The number of rotatable bonds is 4. The molecule has 8 rings (SSSR count). The van der Waals surface area contributed by atoms with Crippen LogP contribution in [0.2, 0.25) is 0 Å². The van der Waals surface area contributed by atoms with Gasteiger partial charge in [0.1, 0.15) is 11.2 Å². The first kappa shape index (κ1) is 42.8. The summed E-state index contributed by atoms with van der Waals surface area (Å²) in [7, 11) is 0. The summed E-state index contributed by atoms with van der Waals surface area (Å²) in [5.41, 5.74) is 4.34. The minimum Gasteiger partial charge on any atom is -0.444 e. The highest BCUT2D eigenvalue weighted by Gasteiger charge is 2.43. The second kappa shape index (κ2) is 16.6. The minimum absolute atomic E-state index is 0.0836. The Labute approximate surface area is 366 Å². The van der Waals surface area contributed by atoms with Crippen molar-refractivity contribution in [2.45, 2.75) is 77.7 Å². The number of halogens is 2. The number of benzene rings is 4. The lowest BCUT2D eigenvalue weighted by Crippen LogP contribution is -2.48. The molecule has 0 spiro atoms. The average molecular weight is 943 g/mol. The van der Waals surface area contributed by atoms with Gasteiger partial charge in [0.2, 0.25) is 0 Å². The van der Waals surface area contributed by atoms with Crippen LogP contribution in [0.3, 0.4) is 0 Å². The number of ether oxygens (including phenoxy) is 2. The Morgan fingerprint density at radius 1 is 0.550 bits per heavy atom. The SMILES string of the molecule is CC(C)(C)OC(=O)N1CCc2cc(Br)ccc2[C@@H]1CN1C(=O)c2ccccc2C1=O.CC(C)(C)OC(=O)N1CCc2cc(Br)ccc2[C@H]1CN1C(=O)c2ccccc2C1=O. The Balaban J connectivity index is 0.000000181.